The van der Waals surface area contributed by atoms with Crippen LogP contribution in [-0.2, 0) is 0 Å². The van der Waals surface area contributed by atoms with Gasteiger partial charge in [0.25, 0.3) is 0 Å². The molecule has 0 aliphatic rings. The molecule has 0 atom stereocenters. The minimum absolute atomic E-state index is 0.520. The van der Waals surface area contributed by atoms with Crippen LogP contribution >= 0.6 is 23.4 Å². The summed E-state index contributed by atoms with van der Waals surface area (Å²) in [5.41, 5.74) is 0.674. The molecule has 4 nitrogen and oxygen atoms in total. The van der Waals surface area contributed by atoms with E-state index in [1.54, 1.807) is 18.2 Å². The van der Waals surface area contributed by atoms with Crippen molar-refractivity contribution in [2.45, 2.75) is 0 Å². The predicted molar refractivity (Wildman–Crippen MR) is 67.4 cm³/mol. The Morgan fingerprint density at radius 1 is 1.62 bits per heavy atom. The van der Waals surface area contributed by atoms with Gasteiger partial charge in [-0.3, -0.25) is 5.32 Å². The second-order valence-corrected chi connectivity index (χ2v) is 3.88. The van der Waals surface area contributed by atoms with Crippen molar-refractivity contribution in [2.75, 3.05) is 13.4 Å². The van der Waals surface area contributed by atoms with Crippen LogP contribution in [0.15, 0.2) is 23.2 Å². The molecule has 0 heterocycles. The summed E-state index contributed by atoms with van der Waals surface area (Å²) in [5.74, 6) is 0.556. The number of nitriles is 1. The summed E-state index contributed by atoms with van der Waals surface area (Å²) in [5, 5.41) is 12.0. The number of rotatable bonds is 2. The highest BCUT2D eigenvalue weighted by Crippen LogP contribution is 2.29. The summed E-state index contributed by atoms with van der Waals surface area (Å²) in [6, 6.07) is 5.15. The number of aliphatic imine (C=N–C) groups is 1. The molecule has 0 bridgehead atoms. The molecule has 1 aromatic rings. The van der Waals surface area contributed by atoms with E-state index in [2.05, 4.69) is 10.3 Å². The smallest absolute Gasteiger partial charge is 0.183 e. The molecule has 0 spiro atoms. The SMILES string of the molecule is COc1cc(N=C(NC#N)SC)ccc1Cl. The Morgan fingerprint density at radius 2 is 2.38 bits per heavy atom. The minimum atomic E-state index is 0.520. The maximum absolute atomic E-state index is 8.49. The second kappa shape index (κ2) is 6.26. The molecule has 0 aliphatic heterocycles. The van der Waals surface area contributed by atoms with E-state index < -0.39 is 0 Å². The molecule has 0 aromatic heterocycles. The maximum Gasteiger partial charge on any atom is 0.183 e. The molecule has 0 amide bonds. The maximum atomic E-state index is 8.49. The van der Waals surface area contributed by atoms with Crippen LogP contribution in [0.5, 0.6) is 5.75 Å². The highest BCUT2D eigenvalue weighted by Gasteiger charge is 2.02. The van der Waals surface area contributed by atoms with E-state index in [1.807, 2.05) is 12.4 Å². The fourth-order valence-corrected chi connectivity index (χ4v) is 1.55. The summed E-state index contributed by atoms with van der Waals surface area (Å²) in [6.45, 7) is 0. The molecule has 1 N–H and O–H groups in total. The molecule has 0 aliphatic carbocycles. The first kappa shape index (κ1) is 12.7. The molecule has 16 heavy (non-hydrogen) atoms. The van der Waals surface area contributed by atoms with Gasteiger partial charge < -0.3 is 4.74 Å². The Balaban J connectivity index is 3.01. The summed E-state index contributed by atoms with van der Waals surface area (Å²) >= 11 is 7.23. The van der Waals surface area contributed by atoms with E-state index in [0.717, 1.165) is 0 Å². The molecule has 0 saturated carbocycles. The van der Waals surface area contributed by atoms with Crippen LogP contribution in [0.2, 0.25) is 5.02 Å². The van der Waals surface area contributed by atoms with Gasteiger partial charge in [0.1, 0.15) is 5.75 Å². The fraction of sp³-hybridized carbons (Fsp3) is 0.200. The third-order valence-electron chi connectivity index (χ3n) is 1.72. The summed E-state index contributed by atoms with van der Waals surface area (Å²) < 4.78 is 5.07. The lowest BCUT2D eigenvalue weighted by Gasteiger charge is -2.04. The number of thioether (sulfide) groups is 1. The first-order chi connectivity index (χ1) is 7.71. The van der Waals surface area contributed by atoms with Crippen LogP contribution in [0.4, 0.5) is 5.69 Å². The molecule has 0 unspecified atom stereocenters. The van der Waals surface area contributed by atoms with Crippen LogP contribution < -0.4 is 10.1 Å². The Bertz CT molecular complexity index is 442. The van der Waals surface area contributed by atoms with E-state index in [9.17, 15) is 0 Å². The number of ether oxygens (including phenoxy) is 1. The Hall–Kier alpha value is -1.38. The van der Waals surface area contributed by atoms with Crippen molar-refractivity contribution in [3.05, 3.63) is 23.2 Å². The van der Waals surface area contributed by atoms with Gasteiger partial charge in [0.15, 0.2) is 11.4 Å². The standard InChI is InChI=1S/C10H10ClN3OS/c1-15-9-5-7(3-4-8(9)11)14-10(16-2)13-6-12/h3-5H,1-2H3,(H,13,14). The molecule has 0 saturated heterocycles. The molecular formula is C10H10ClN3OS. The van der Waals surface area contributed by atoms with Gasteiger partial charge in [0.05, 0.1) is 17.8 Å². The first-order valence-electron chi connectivity index (χ1n) is 4.32. The molecule has 0 radical (unpaired) electrons. The van der Waals surface area contributed by atoms with Crippen LogP contribution in [0.1, 0.15) is 0 Å². The van der Waals surface area contributed by atoms with Gasteiger partial charge in [-0.1, -0.05) is 23.4 Å². The van der Waals surface area contributed by atoms with Crippen LogP contribution in [0.3, 0.4) is 0 Å². The lowest BCUT2D eigenvalue weighted by atomic mass is 10.3. The molecule has 0 fully saturated rings. The number of nitrogens with one attached hydrogen (secondary N) is 1. The van der Waals surface area contributed by atoms with Gasteiger partial charge in [-0.25, -0.2) is 4.99 Å². The van der Waals surface area contributed by atoms with E-state index in [4.69, 9.17) is 21.6 Å². The van der Waals surface area contributed by atoms with E-state index in [0.29, 0.717) is 21.6 Å². The van der Waals surface area contributed by atoms with Gasteiger partial charge in [-0.05, 0) is 18.4 Å². The lowest BCUT2D eigenvalue weighted by molar-refractivity contribution is 0.415. The lowest BCUT2D eigenvalue weighted by Crippen LogP contribution is -2.12. The van der Waals surface area contributed by atoms with Crippen molar-refractivity contribution in [3.63, 3.8) is 0 Å². The topological polar surface area (TPSA) is 57.4 Å². The number of methoxy groups -OCH3 is 1. The van der Waals surface area contributed by atoms with Gasteiger partial charge in [-0.15, -0.1) is 0 Å². The van der Waals surface area contributed by atoms with Crippen molar-refractivity contribution in [2.24, 2.45) is 4.99 Å². The van der Waals surface area contributed by atoms with Crippen molar-refractivity contribution in [3.8, 4) is 11.9 Å². The largest absolute Gasteiger partial charge is 0.495 e. The van der Waals surface area contributed by atoms with E-state index in [-0.39, 0.29) is 0 Å². The first-order valence-corrected chi connectivity index (χ1v) is 5.93. The third-order valence-corrected chi connectivity index (χ3v) is 2.61. The number of hydrogen-bond acceptors (Lipinski definition) is 4. The Kier molecular flexibility index (Phi) is 4.96. The quantitative estimate of drug-likeness (QED) is 0.382. The number of benzene rings is 1. The third kappa shape index (κ3) is 3.33. The normalized spacial score (nSPS) is 10.8. The summed E-state index contributed by atoms with van der Waals surface area (Å²) in [4.78, 5) is 4.22. The second-order valence-electron chi connectivity index (χ2n) is 2.68. The number of nitrogens with zero attached hydrogens (tertiary/aromatic N) is 2. The predicted octanol–water partition coefficient (Wildman–Crippen LogP) is 2.77. The average Bonchev–Trinajstić information content (AvgIpc) is 2.30. The van der Waals surface area contributed by atoms with Gasteiger partial charge in [0.2, 0.25) is 0 Å². The van der Waals surface area contributed by atoms with Crippen molar-refractivity contribution < 1.29 is 4.74 Å². The molecular weight excluding hydrogens is 246 g/mol. The molecule has 1 aromatic carbocycles. The number of amidine groups is 1. The zero-order chi connectivity index (χ0) is 12.0. The van der Waals surface area contributed by atoms with Gasteiger partial charge in [0, 0.05) is 6.07 Å². The van der Waals surface area contributed by atoms with E-state index >= 15 is 0 Å². The van der Waals surface area contributed by atoms with Crippen LogP contribution in [-0.4, -0.2) is 18.5 Å². The van der Waals surface area contributed by atoms with E-state index in [1.165, 1.54) is 18.9 Å². The fourth-order valence-electron chi connectivity index (χ4n) is 1.01. The molecule has 84 valence electrons. The summed E-state index contributed by atoms with van der Waals surface area (Å²) in [7, 11) is 1.54. The number of halogens is 1. The zero-order valence-electron chi connectivity index (χ0n) is 8.82. The van der Waals surface area contributed by atoms with Crippen molar-refractivity contribution in [1.29, 1.82) is 5.26 Å². The van der Waals surface area contributed by atoms with Gasteiger partial charge >= 0.3 is 0 Å². The number of hydrogen-bond donors (Lipinski definition) is 1. The summed E-state index contributed by atoms with van der Waals surface area (Å²) in [6.07, 6.45) is 3.65. The molecule has 6 heteroatoms. The minimum Gasteiger partial charge on any atom is -0.495 e. The highest BCUT2D eigenvalue weighted by atomic mass is 35.5. The Labute approximate surface area is 103 Å². The highest BCUT2D eigenvalue weighted by molar-refractivity contribution is 8.13. The molecule has 1 rings (SSSR count). The van der Waals surface area contributed by atoms with Gasteiger partial charge in [-0.2, -0.15) is 5.26 Å². The average molecular weight is 256 g/mol. The van der Waals surface area contributed by atoms with Crippen molar-refractivity contribution in [1.82, 2.24) is 5.32 Å². The van der Waals surface area contributed by atoms with Crippen molar-refractivity contribution >= 4 is 34.2 Å². The Morgan fingerprint density at radius 3 is 2.94 bits per heavy atom. The monoisotopic (exact) mass is 255 g/mol. The zero-order valence-corrected chi connectivity index (χ0v) is 10.4. The van der Waals surface area contributed by atoms with Crippen LogP contribution in [0, 0.1) is 11.5 Å². The van der Waals surface area contributed by atoms with Crippen LogP contribution in [0.25, 0.3) is 0 Å².